The molecule has 0 unspecified atom stereocenters. The minimum absolute atomic E-state index is 0. The minimum Gasteiger partial charge on any atom is -0.330 e. The van der Waals surface area contributed by atoms with Gasteiger partial charge in [-0.2, -0.15) is 9.78 Å². The summed E-state index contributed by atoms with van der Waals surface area (Å²) in [6.07, 6.45) is 0. The zero-order valence-electron chi connectivity index (χ0n) is 17.1. The number of nitrogens with two attached hydrogens (primary N) is 1. The predicted octanol–water partition coefficient (Wildman–Crippen LogP) is 4.99. The van der Waals surface area contributed by atoms with Crippen molar-refractivity contribution in [2.45, 2.75) is 19.3 Å². The van der Waals surface area contributed by atoms with E-state index in [1.54, 1.807) is 12.1 Å². The Labute approximate surface area is 184 Å². The third-order valence-corrected chi connectivity index (χ3v) is 5.37. The summed E-state index contributed by atoms with van der Waals surface area (Å²) in [5.74, 6) is -1.58. The normalized spacial score (nSPS) is 11.4. The van der Waals surface area contributed by atoms with Gasteiger partial charge in [-0.05, 0) is 29.8 Å². The van der Waals surface area contributed by atoms with Gasteiger partial charge in [0, 0.05) is 29.0 Å². The molecule has 0 aliphatic carbocycles. The molecular formula is C24H22ClF2N3O. The molecule has 0 amide bonds. The quantitative estimate of drug-likeness (QED) is 0.485. The molecule has 0 aliphatic rings. The highest BCUT2D eigenvalue weighted by Crippen LogP contribution is 2.30. The van der Waals surface area contributed by atoms with Crippen molar-refractivity contribution in [3.8, 4) is 16.9 Å². The fourth-order valence-electron chi connectivity index (χ4n) is 3.42. The van der Waals surface area contributed by atoms with Crippen molar-refractivity contribution in [1.82, 2.24) is 9.78 Å². The van der Waals surface area contributed by atoms with Crippen LogP contribution in [0.1, 0.15) is 19.4 Å². The van der Waals surface area contributed by atoms with Crippen LogP contribution in [-0.4, -0.2) is 16.3 Å². The molecule has 7 heteroatoms. The topological polar surface area (TPSA) is 60.9 Å². The van der Waals surface area contributed by atoms with Crippen LogP contribution in [0.2, 0.25) is 0 Å². The number of halogens is 3. The molecule has 4 nitrogen and oxygen atoms in total. The number of nitrogens with zero attached hydrogens (tertiary/aromatic N) is 2. The van der Waals surface area contributed by atoms with Crippen LogP contribution in [-0.2, 0) is 5.41 Å². The van der Waals surface area contributed by atoms with E-state index >= 15 is 0 Å². The summed E-state index contributed by atoms with van der Waals surface area (Å²) in [5, 5.41) is 5.55. The molecule has 0 atom stereocenters. The van der Waals surface area contributed by atoms with Gasteiger partial charge >= 0.3 is 0 Å². The summed E-state index contributed by atoms with van der Waals surface area (Å²) in [6.45, 7) is 4.56. The van der Waals surface area contributed by atoms with E-state index in [0.717, 1.165) is 27.9 Å². The first-order valence-corrected chi connectivity index (χ1v) is 9.60. The summed E-state index contributed by atoms with van der Waals surface area (Å²) < 4.78 is 28.8. The first-order chi connectivity index (χ1) is 14.3. The van der Waals surface area contributed by atoms with Gasteiger partial charge in [-0.15, -0.1) is 12.4 Å². The molecule has 0 spiro atoms. The maximum Gasteiger partial charge on any atom is 0.279 e. The van der Waals surface area contributed by atoms with Crippen LogP contribution >= 0.6 is 12.4 Å². The second-order valence-corrected chi connectivity index (χ2v) is 7.88. The lowest BCUT2D eigenvalue weighted by molar-refractivity contribution is 0.539. The van der Waals surface area contributed by atoms with Crippen LogP contribution in [0.4, 0.5) is 8.78 Å². The van der Waals surface area contributed by atoms with Gasteiger partial charge in [0.25, 0.3) is 5.56 Å². The SMILES string of the molecule is CC(C)(CN)c1cccc(-c2nn(-c3ccc(F)cc3F)c(=O)c3ccccc23)c1.Cl. The van der Waals surface area contributed by atoms with Crippen LogP contribution in [0.25, 0.3) is 27.7 Å². The van der Waals surface area contributed by atoms with E-state index in [4.69, 9.17) is 5.73 Å². The summed E-state index contributed by atoms with van der Waals surface area (Å²) in [4.78, 5) is 13.0. The van der Waals surface area contributed by atoms with Crippen LogP contribution in [0.5, 0.6) is 0 Å². The lowest BCUT2D eigenvalue weighted by Gasteiger charge is -2.23. The molecular weight excluding hydrogens is 420 g/mol. The minimum atomic E-state index is -0.858. The molecule has 160 valence electrons. The Hall–Kier alpha value is -3.09. The van der Waals surface area contributed by atoms with Gasteiger partial charge in [-0.25, -0.2) is 8.78 Å². The van der Waals surface area contributed by atoms with E-state index in [9.17, 15) is 13.6 Å². The zero-order chi connectivity index (χ0) is 21.5. The van der Waals surface area contributed by atoms with Crippen molar-refractivity contribution in [3.63, 3.8) is 0 Å². The Kier molecular flexibility index (Phi) is 6.25. The van der Waals surface area contributed by atoms with E-state index in [2.05, 4.69) is 5.10 Å². The van der Waals surface area contributed by atoms with Crippen LogP contribution < -0.4 is 11.3 Å². The molecule has 0 bridgehead atoms. The molecule has 0 aliphatic heterocycles. The van der Waals surface area contributed by atoms with Crippen molar-refractivity contribution in [2.75, 3.05) is 6.54 Å². The molecule has 1 aromatic heterocycles. The second-order valence-electron chi connectivity index (χ2n) is 7.88. The van der Waals surface area contributed by atoms with Crippen molar-refractivity contribution in [1.29, 1.82) is 0 Å². The molecule has 1 heterocycles. The molecule has 0 fully saturated rings. The smallest absolute Gasteiger partial charge is 0.279 e. The van der Waals surface area contributed by atoms with Gasteiger partial charge in [0.2, 0.25) is 0 Å². The van der Waals surface area contributed by atoms with E-state index in [1.165, 1.54) is 6.07 Å². The maximum absolute atomic E-state index is 14.5. The second kappa shape index (κ2) is 8.57. The predicted molar refractivity (Wildman–Crippen MR) is 122 cm³/mol. The van der Waals surface area contributed by atoms with Crippen molar-refractivity contribution in [3.05, 3.63) is 94.3 Å². The Morgan fingerprint density at radius 1 is 0.968 bits per heavy atom. The third-order valence-electron chi connectivity index (χ3n) is 5.37. The number of hydrogen-bond donors (Lipinski definition) is 1. The highest BCUT2D eigenvalue weighted by atomic mass is 35.5. The number of benzene rings is 3. The molecule has 0 saturated heterocycles. The monoisotopic (exact) mass is 441 g/mol. The Bertz CT molecular complexity index is 1320. The first kappa shape index (κ1) is 22.6. The number of aromatic nitrogens is 2. The molecule has 31 heavy (non-hydrogen) atoms. The van der Waals surface area contributed by atoms with Gasteiger partial charge in [0.05, 0.1) is 11.1 Å². The van der Waals surface area contributed by atoms with E-state index in [1.807, 2.05) is 50.2 Å². The number of hydrogen-bond acceptors (Lipinski definition) is 3. The number of fused-ring (bicyclic) bond motifs is 1. The highest BCUT2D eigenvalue weighted by Gasteiger charge is 2.21. The lowest BCUT2D eigenvalue weighted by atomic mass is 9.83. The Morgan fingerprint density at radius 3 is 2.35 bits per heavy atom. The average molecular weight is 442 g/mol. The van der Waals surface area contributed by atoms with Crippen LogP contribution in [0, 0.1) is 11.6 Å². The van der Waals surface area contributed by atoms with E-state index < -0.39 is 17.2 Å². The van der Waals surface area contributed by atoms with Gasteiger partial charge in [-0.1, -0.05) is 50.2 Å². The summed E-state index contributed by atoms with van der Waals surface area (Å²) in [6, 6.07) is 17.9. The van der Waals surface area contributed by atoms with E-state index in [0.29, 0.717) is 23.0 Å². The first-order valence-electron chi connectivity index (χ1n) is 9.60. The standard InChI is InChI=1S/C24H21F2N3O.ClH/c1-24(2,14-27)16-7-5-6-15(12-16)22-18-8-3-4-9-19(18)23(30)29(28-22)21-11-10-17(25)13-20(21)26;/h3-13H,14,27H2,1-2H3;1H. The highest BCUT2D eigenvalue weighted by molar-refractivity contribution is 5.94. The molecule has 4 rings (SSSR count). The van der Waals surface area contributed by atoms with Gasteiger partial charge in [0.15, 0.2) is 5.82 Å². The van der Waals surface area contributed by atoms with Gasteiger partial charge in [-0.3, -0.25) is 4.79 Å². The van der Waals surface area contributed by atoms with Crippen molar-refractivity contribution >= 4 is 23.2 Å². The number of rotatable bonds is 4. The van der Waals surface area contributed by atoms with Gasteiger partial charge < -0.3 is 5.73 Å². The fraction of sp³-hybridized carbons (Fsp3) is 0.167. The molecule has 0 saturated carbocycles. The molecule has 3 aromatic carbocycles. The average Bonchev–Trinajstić information content (AvgIpc) is 2.75. The maximum atomic E-state index is 14.5. The lowest BCUT2D eigenvalue weighted by Crippen LogP contribution is -2.28. The third kappa shape index (κ3) is 4.09. The van der Waals surface area contributed by atoms with Gasteiger partial charge in [0.1, 0.15) is 11.5 Å². The molecule has 4 aromatic rings. The summed E-state index contributed by atoms with van der Waals surface area (Å²) in [7, 11) is 0. The molecule has 0 radical (unpaired) electrons. The van der Waals surface area contributed by atoms with Crippen molar-refractivity contribution in [2.24, 2.45) is 5.73 Å². The fourth-order valence-corrected chi connectivity index (χ4v) is 3.42. The van der Waals surface area contributed by atoms with E-state index in [-0.39, 0.29) is 23.5 Å². The largest absolute Gasteiger partial charge is 0.330 e. The Balaban J connectivity index is 0.00000272. The summed E-state index contributed by atoms with van der Waals surface area (Å²) >= 11 is 0. The summed E-state index contributed by atoms with van der Waals surface area (Å²) in [5.41, 5.74) is 7.45. The van der Waals surface area contributed by atoms with Crippen LogP contribution in [0.15, 0.2) is 71.5 Å². The Morgan fingerprint density at radius 2 is 1.68 bits per heavy atom. The zero-order valence-corrected chi connectivity index (χ0v) is 17.9. The van der Waals surface area contributed by atoms with Crippen LogP contribution in [0.3, 0.4) is 0 Å². The molecule has 2 N–H and O–H groups in total. The van der Waals surface area contributed by atoms with Crippen molar-refractivity contribution < 1.29 is 8.78 Å².